The van der Waals surface area contributed by atoms with Crippen LogP contribution in [0, 0.1) is 24.7 Å². The highest BCUT2D eigenvalue weighted by Crippen LogP contribution is 2.10. The van der Waals surface area contributed by atoms with Gasteiger partial charge in [0.15, 0.2) is 5.78 Å². The SMILES string of the molecule is C#Cc1cc(C(=O)CCCCC)cc(C#C)n1. The van der Waals surface area contributed by atoms with E-state index >= 15 is 0 Å². The summed E-state index contributed by atoms with van der Waals surface area (Å²) in [5.74, 6) is 4.89. The van der Waals surface area contributed by atoms with Gasteiger partial charge in [-0.3, -0.25) is 4.79 Å². The molecule has 0 saturated carbocycles. The maximum Gasteiger partial charge on any atom is 0.163 e. The molecule has 0 spiro atoms. The highest BCUT2D eigenvalue weighted by atomic mass is 16.1. The van der Waals surface area contributed by atoms with E-state index in [1.807, 2.05) is 0 Å². The van der Waals surface area contributed by atoms with Crippen LogP contribution in [0.1, 0.15) is 54.4 Å². The molecule has 0 atom stereocenters. The smallest absolute Gasteiger partial charge is 0.163 e. The molecule has 2 heteroatoms. The normalized spacial score (nSPS) is 9.35. The minimum atomic E-state index is 0.0776. The molecular weight excluding hydrogens is 210 g/mol. The number of hydrogen-bond donors (Lipinski definition) is 0. The maximum atomic E-state index is 11.9. The second kappa shape index (κ2) is 6.51. The fraction of sp³-hybridized carbons (Fsp3) is 0.333. The molecule has 0 aliphatic heterocycles. The molecule has 0 radical (unpaired) electrons. The van der Waals surface area contributed by atoms with Gasteiger partial charge in [0.2, 0.25) is 0 Å². The van der Waals surface area contributed by atoms with Crippen molar-refractivity contribution in [1.29, 1.82) is 0 Å². The zero-order chi connectivity index (χ0) is 12.7. The molecule has 1 aromatic heterocycles. The molecule has 1 rings (SSSR count). The van der Waals surface area contributed by atoms with Crippen LogP contribution in [0.4, 0.5) is 0 Å². The summed E-state index contributed by atoms with van der Waals surface area (Å²) in [6.45, 7) is 2.10. The lowest BCUT2D eigenvalue weighted by atomic mass is 10.0. The Kier molecular flexibility index (Phi) is 4.98. The fourth-order valence-corrected chi connectivity index (χ4v) is 1.52. The Labute approximate surface area is 102 Å². The molecule has 0 aliphatic rings. The van der Waals surface area contributed by atoms with E-state index in [0.717, 1.165) is 19.3 Å². The van der Waals surface area contributed by atoms with E-state index in [0.29, 0.717) is 23.4 Å². The zero-order valence-electron chi connectivity index (χ0n) is 9.99. The molecule has 17 heavy (non-hydrogen) atoms. The number of carbonyl (C=O) groups is 1. The number of rotatable bonds is 5. The van der Waals surface area contributed by atoms with Crippen molar-refractivity contribution in [2.45, 2.75) is 32.6 Å². The predicted octanol–water partition coefficient (Wildman–Crippen LogP) is 2.81. The summed E-state index contributed by atoms with van der Waals surface area (Å²) in [6, 6.07) is 3.24. The predicted molar refractivity (Wildman–Crippen MR) is 68.6 cm³/mol. The van der Waals surface area contributed by atoms with Gasteiger partial charge in [0.1, 0.15) is 11.4 Å². The van der Waals surface area contributed by atoms with Crippen molar-refractivity contribution < 1.29 is 4.79 Å². The summed E-state index contributed by atoms with van der Waals surface area (Å²) in [7, 11) is 0. The number of terminal acetylenes is 2. The van der Waals surface area contributed by atoms with Gasteiger partial charge in [0, 0.05) is 12.0 Å². The standard InChI is InChI=1S/C15H15NO/c1-4-7-8-9-15(17)12-10-13(5-2)16-14(6-3)11-12/h2-3,10-11H,4,7-9H2,1H3. The number of carbonyl (C=O) groups excluding carboxylic acids is 1. The van der Waals surface area contributed by atoms with Crippen molar-refractivity contribution in [3.05, 3.63) is 29.1 Å². The van der Waals surface area contributed by atoms with Crippen LogP contribution in [-0.4, -0.2) is 10.8 Å². The zero-order valence-corrected chi connectivity index (χ0v) is 9.99. The minimum absolute atomic E-state index is 0.0776. The van der Waals surface area contributed by atoms with E-state index in [-0.39, 0.29) is 5.78 Å². The Balaban J connectivity index is 2.87. The number of pyridine rings is 1. The Hall–Kier alpha value is -2.06. The summed E-state index contributed by atoms with van der Waals surface area (Å²) in [4.78, 5) is 15.9. The third-order valence-corrected chi connectivity index (χ3v) is 2.45. The number of hydrogen-bond acceptors (Lipinski definition) is 2. The molecule has 0 N–H and O–H groups in total. The van der Waals surface area contributed by atoms with E-state index in [9.17, 15) is 4.79 Å². The van der Waals surface area contributed by atoms with Gasteiger partial charge < -0.3 is 0 Å². The summed E-state index contributed by atoms with van der Waals surface area (Å²) in [6.07, 6.45) is 14.1. The molecular formula is C15H15NO. The van der Waals surface area contributed by atoms with Gasteiger partial charge in [-0.25, -0.2) is 4.98 Å². The lowest BCUT2D eigenvalue weighted by molar-refractivity contribution is 0.0979. The number of ketones is 1. The van der Waals surface area contributed by atoms with E-state index in [1.54, 1.807) is 12.1 Å². The van der Waals surface area contributed by atoms with Crippen LogP contribution >= 0.6 is 0 Å². The molecule has 86 valence electrons. The Morgan fingerprint density at radius 3 is 2.29 bits per heavy atom. The Bertz CT molecular complexity index is 456. The molecule has 0 aliphatic carbocycles. The van der Waals surface area contributed by atoms with Crippen LogP contribution in [0.2, 0.25) is 0 Å². The third kappa shape index (κ3) is 3.78. The van der Waals surface area contributed by atoms with E-state index in [1.165, 1.54) is 0 Å². The van der Waals surface area contributed by atoms with Gasteiger partial charge in [-0.1, -0.05) is 31.6 Å². The molecule has 0 bridgehead atoms. The van der Waals surface area contributed by atoms with Crippen molar-refractivity contribution in [3.8, 4) is 24.7 Å². The number of unbranched alkanes of at least 4 members (excludes halogenated alkanes) is 2. The first-order chi connectivity index (χ1) is 8.21. The number of nitrogens with zero attached hydrogens (tertiary/aromatic N) is 1. The molecule has 0 saturated heterocycles. The molecule has 0 amide bonds. The first kappa shape index (κ1) is 13.0. The molecule has 1 heterocycles. The molecule has 1 aromatic rings. The molecule has 0 fully saturated rings. The van der Waals surface area contributed by atoms with Crippen LogP contribution in [-0.2, 0) is 0 Å². The Morgan fingerprint density at radius 1 is 1.24 bits per heavy atom. The van der Waals surface area contributed by atoms with Crippen molar-refractivity contribution in [3.63, 3.8) is 0 Å². The van der Waals surface area contributed by atoms with Crippen molar-refractivity contribution in [2.75, 3.05) is 0 Å². The topological polar surface area (TPSA) is 30.0 Å². The quantitative estimate of drug-likeness (QED) is 0.438. The lowest BCUT2D eigenvalue weighted by Gasteiger charge is -2.02. The first-order valence-electron chi connectivity index (χ1n) is 5.69. The highest BCUT2D eigenvalue weighted by Gasteiger charge is 2.08. The average molecular weight is 225 g/mol. The van der Waals surface area contributed by atoms with Gasteiger partial charge in [-0.05, 0) is 18.6 Å². The summed E-state index contributed by atoms with van der Waals surface area (Å²) in [5.41, 5.74) is 1.40. The highest BCUT2D eigenvalue weighted by molar-refractivity contribution is 5.96. The van der Waals surface area contributed by atoms with Crippen molar-refractivity contribution >= 4 is 5.78 Å². The van der Waals surface area contributed by atoms with E-state index in [2.05, 4.69) is 23.7 Å². The fourth-order valence-electron chi connectivity index (χ4n) is 1.52. The van der Waals surface area contributed by atoms with Crippen LogP contribution in [0.25, 0.3) is 0 Å². The molecule has 0 aromatic carbocycles. The van der Waals surface area contributed by atoms with Crippen molar-refractivity contribution in [1.82, 2.24) is 4.98 Å². The van der Waals surface area contributed by atoms with Gasteiger partial charge in [-0.2, -0.15) is 0 Å². The maximum absolute atomic E-state index is 11.9. The number of Topliss-reactive ketones (excluding diaryl/α,β-unsaturated/α-hetero) is 1. The van der Waals surface area contributed by atoms with Crippen LogP contribution < -0.4 is 0 Å². The lowest BCUT2D eigenvalue weighted by Crippen LogP contribution is -2.02. The molecule has 2 nitrogen and oxygen atoms in total. The summed E-state index contributed by atoms with van der Waals surface area (Å²) < 4.78 is 0. The van der Waals surface area contributed by atoms with Gasteiger partial charge in [0.05, 0.1) is 0 Å². The van der Waals surface area contributed by atoms with Crippen LogP contribution in [0.3, 0.4) is 0 Å². The van der Waals surface area contributed by atoms with Gasteiger partial charge in [0.25, 0.3) is 0 Å². The summed E-state index contributed by atoms with van der Waals surface area (Å²) in [5, 5.41) is 0. The summed E-state index contributed by atoms with van der Waals surface area (Å²) >= 11 is 0. The second-order valence-electron chi connectivity index (χ2n) is 3.80. The van der Waals surface area contributed by atoms with Gasteiger partial charge in [-0.15, -0.1) is 12.8 Å². The largest absolute Gasteiger partial charge is 0.294 e. The number of aromatic nitrogens is 1. The second-order valence-corrected chi connectivity index (χ2v) is 3.80. The third-order valence-electron chi connectivity index (χ3n) is 2.45. The van der Waals surface area contributed by atoms with Crippen LogP contribution in [0.15, 0.2) is 12.1 Å². The van der Waals surface area contributed by atoms with E-state index in [4.69, 9.17) is 12.8 Å². The Morgan fingerprint density at radius 2 is 1.82 bits per heavy atom. The first-order valence-corrected chi connectivity index (χ1v) is 5.69. The molecule has 0 unspecified atom stereocenters. The van der Waals surface area contributed by atoms with Crippen molar-refractivity contribution in [2.24, 2.45) is 0 Å². The average Bonchev–Trinajstić information content (AvgIpc) is 2.38. The van der Waals surface area contributed by atoms with Gasteiger partial charge >= 0.3 is 0 Å². The van der Waals surface area contributed by atoms with E-state index < -0.39 is 0 Å². The minimum Gasteiger partial charge on any atom is -0.294 e. The van der Waals surface area contributed by atoms with Crippen LogP contribution in [0.5, 0.6) is 0 Å². The monoisotopic (exact) mass is 225 g/mol.